The van der Waals surface area contributed by atoms with Gasteiger partial charge in [0.05, 0.1) is 0 Å². The van der Waals surface area contributed by atoms with Crippen LogP contribution in [0.5, 0.6) is 0 Å². The number of Topliss-reactive ketones (excluding diaryl/α,β-unsaturated/α-hetero) is 2. The fraction of sp³-hybridized carbons (Fsp3) is 0.267. The fourth-order valence-electron chi connectivity index (χ4n) is 4.32. The normalized spacial score (nSPS) is 18.9. The second-order valence-corrected chi connectivity index (χ2v) is 10.6. The van der Waals surface area contributed by atoms with Gasteiger partial charge in [-0.2, -0.15) is 0 Å². The van der Waals surface area contributed by atoms with Crippen LogP contribution in [0.1, 0.15) is 73.4 Å². The maximum atomic E-state index is 13.1. The van der Waals surface area contributed by atoms with Gasteiger partial charge in [-0.25, -0.2) is 0 Å². The average molecular weight is 423 g/mol. The zero-order valence-corrected chi connectivity index (χ0v) is 19.7. The van der Waals surface area contributed by atoms with Crippen molar-refractivity contribution in [3.63, 3.8) is 0 Å². The monoisotopic (exact) mass is 422 g/mol. The molecule has 0 saturated heterocycles. The number of benzene rings is 2. The third-order valence-corrected chi connectivity index (χ3v) is 6.11. The van der Waals surface area contributed by atoms with Crippen molar-refractivity contribution in [3.8, 4) is 0 Å². The molecule has 0 atom stereocenters. The lowest BCUT2D eigenvalue weighted by molar-refractivity contribution is 0.1000. The average Bonchev–Trinajstić information content (AvgIpc) is 2.73. The Kier molecular flexibility index (Phi) is 5.29. The van der Waals surface area contributed by atoms with Crippen LogP contribution in [-0.4, -0.2) is 11.6 Å². The molecule has 2 aromatic rings. The van der Waals surface area contributed by atoms with E-state index in [0.29, 0.717) is 0 Å². The lowest BCUT2D eigenvalue weighted by atomic mass is 9.75. The van der Waals surface area contributed by atoms with E-state index >= 15 is 0 Å². The minimum absolute atomic E-state index is 0.0985. The molecule has 0 unspecified atom stereocenters. The van der Waals surface area contributed by atoms with Gasteiger partial charge in [-0.15, -0.1) is 0 Å². The van der Waals surface area contributed by atoms with Gasteiger partial charge in [0.15, 0.2) is 11.6 Å². The summed E-state index contributed by atoms with van der Waals surface area (Å²) < 4.78 is 0. The summed E-state index contributed by atoms with van der Waals surface area (Å²) in [5.41, 5.74) is 6.53. The van der Waals surface area contributed by atoms with Crippen LogP contribution in [0.2, 0.25) is 0 Å². The SMILES string of the molecule is CC(C)(C)C1=C/C(=C/C=C2/C=C(C(C)(C)C)C(=O)c3ccccc32)c2ccccc2C1=O. The number of carbonyl (C=O) groups excluding carboxylic acids is 2. The summed E-state index contributed by atoms with van der Waals surface area (Å²) in [5, 5.41) is 0. The van der Waals surface area contributed by atoms with Gasteiger partial charge < -0.3 is 0 Å². The molecule has 0 N–H and O–H groups in total. The van der Waals surface area contributed by atoms with E-state index in [0.717, 1.165) is 44.5 Å². The molecule has 2 aliphatic rings. The Labute approximate surface area is 191 Å². The van der Waals surface area contributed by atoms with Gasteiger partial charge in [-0.1, -0.05) is 102 Å². The highest BCUT2D eigenvalue weighted by Gasteiger charge is 2.31. The molecular formula is C30H30O2. The lowest BCUT2D eigenvalue weighted by Gasteiger charge is -2.28. The molecule has 0 radical (unpaired) electrons. The Hall–Kier alpha value is -3.26. The summed E-state index contributed by atoms with van der Waals surface area (Å²) in [7, 11) is 0. The Bertz CT molecular complexity index is 1150. The highest BCUT2D eigenvalue weighted by molar-refractivity contribution is 6.18. The molecule has 2 heteroatoms. The topological polar surface area (TPSA) is 34.1 Å². The van der Waals surface area contributed by atoms with Crippen LogP contribution in [0.3, 0.4) is 0 Å². The summed E-state index contributed by atoms with van der Waals surface area (Å²) in [4.78, 5) is 26.2. The molecule has 32 heavy (non-hydrogen) atoms. The molecule has 0 aromatic heterocycles. The van der Waals surface area contributed by atoms with E-state index in [4.69, 9.17) is 0 Å². The molecule has 4 rings (SSSR count). The summed E-state index contributed by atoms with van der Waals surface area (Å²) >= 11 is 0. The molecule has 2 aliphatic carbocycles. The number of hydrogen-bond acceptors (Lipinski definition) is 2. The standard InChI is InChI=1S/C30H30O2/c1-29(2,3)25-17-19(21-11-7-9-13-23(21)27(25)31)15-16-20-18-26(30(4,5)6)28(32)24-14-10-8-12-22(20)24/h7-18H,1-6H3/b19-15-,20-16-. The number of allylic oxidation sites excluding steroid dienone is 8. The maximum Gasteiger partial charge on any atom is 0.190 e. The summed E-state index contributed by atoms with van der Waals surface area (Å²) in [5.74, 6) is 0.197. The summed E-state index contributed by atoms with van der Waals surface area (Å²) in [6.45, 7) is 12.4. The zero-order valence-electron chi connectivity index (χ0n) is 19.7. The molecule has 0 bridgehead atoms. The summed E-state index contributed by atoms with van der Waals surface area (Å²) in [6, 6.07) is 15.6. The van der Waals surface area contributed by atoms with Crippen molar-refractivity contribution in [2.45, 2.75) is 41.5 Å². The van der Waals surface area contributed by atoms with Crippen molar-refractivity contribution in [1.82, 2.24) is 0 Å². The van der Waals surface area contributed by atoms with Crippen LogP contribution in [0.4, 0.5) is 0 Å². The van der Waals surface area contributed by atoms with Crippen molar-refractivity contribution in [3.05, 3.63) is 106 Å². The maximum absolute atomic E-state index is 13.1. The number of hydrogen-bond donors (Lipinski definition) is 0. The van der Waals surface area contributed by atoms with Gasteiger partial charge in [-0.3, -0.25) is 9.59 Å². The molecular weight excluding hydrogens is 392 g/mol. The second-order valence-electron chi connectivity index (χ2n) is 10.6. The van der Waals surface area contributed by atoms with E-state index < -0.39 is 0 Å². The van der Waals surface area contributed by atoms with Crippen LogP contribution in [0.15, 0.2) is 84.0 Å². The fourth-order valence-corrected chi connectivity index (χ4v) is 4.32. The first-order valence-corrected chi connectivity index (χ1v) is 11.1. The molecule has 0 spiro atoms. The van der Waals surface area contributed by atoms with Gasteiger partial charge in [0.1, 0.15) is 0 Å². The van der Waals surface area contributed by atoms with Crippen molar-refractivity contribution < 1.29 is 9.59 Å². The number of ketones is 2. The minimum atomic E-state index is -0.250. The Morgan fingerprint density at radius 2 is 0.844 bits per heavy atom. The smallest absolute Gasteiger partial charge is 0.190 e. The first-order chi connectivity index (χ1) is 15.0. The van der Waals surface area contributed by atoms with Gasteiger partial charge in [0.2, 0.25) is 0 Å². The van der Waals surface area contributed by atoms with E-state index in [1.807, 2.05) is 60.7 Å². The van der Waals surface area contributed by atoms with Crippen LogP contribution >= 0.6 is 0 Å². The molecule has 0 amide bonds. The first-order valence-electron chi connectivity index (χ1n) is 11.1. The Balaban J connectivity index is 1.91. The molecule has 162 valence electrons. The number of rotatable bonds is 1. The third kappa shape index (κ3) is 3.86. The van der Waals surface area contributed by atoms with E-state index in [9.17, 15) is 9.59 Å². The summed E-state index contributed by atoms with van der Waals surface area (Å²) in [6.07, 6.45) is 8.21. The molecule has 0 fully saturated rings. The van der Waals surface area contributed by atoms with Crippen LogP contribution in [-0.2, 0) is 0 Å². The van der Waals surface area contributed by atoms with E-state index in [1.54, 1.807) is 0 Å². The lowest BCUT2D eigenvalue weighted by Crippen LogP contribution is -2.22. The largest absolute Gasteiger partial charge is 0.289 e. The molecule has 0 heterocycles. The predicted octanol–water partition coefficient (Wildman–Crippen LogP) is 7.49. The van der Waals surface area contributed by atoms with Gasteiger partial charge in [0, 0.05) is 22.3 Å². The predicted molar refractivity (Wildman–Crippen MR) is 133 cm³/mol. The van der Waals surface area contributed by atoms with Gasteiger partial charge in [0.25, 0.3) is 0 Å². The van der Waals surface area contributed by atoms with Gasteiger partial charge >= 0.3 is 0 Å². The Morgan fingerprint density at radius 1 is 0.531 bits per heavy atom. The second kappa shape index (κ2) is 7.70. The molecule has 0 aliphatic heterocycles. The van der Waals surface area contributed by atoms with Crippen LogP contribution in [0.25, 0.3) is 11.1 Å². The zero-order chi connectivity index (χ0) is 23.3. The van der Waals surface area contributed by atoms with Crippen LogP contribution in [0, 0.1) is 10.8 Å². The molecule has 0 saturated carbocycles. The van der Waals surface area contributed by atoms with E-state index in [2.05, 4.69) is 53.7 Å². The Morgan fingerprint density at radius 3 is 1.16 bits per heavy atom. The number of fused-ring (bicyclic) bond motifs is 2. The highest BCUT2D eigenvalue weighted by Crippen LogP contribution is 2.40. The van der Waals surface area contributed by atoms with E-state index in [1.165, 1.54) is 0 Å². The van der Waals surface area contributed by atoms with Crippen molar-refractivity contribution >= 4 is 22.7 Å². The minimum Gasteiger partial charge on any atom is -0.289 e. The van der Waals surface area contributed by atoms with E-state index in [-0.39, 0.29) is 22.4 Å². The van der Waals surface area contributed by atoms with Crippen molar-refractivity contribution in [2.24, 2.45) is 10.8 Å². The van der Waals surface area contributed by atoms with Crippen molar-refractivity contribution in [1.29, 1.82) is 0 Å². The van der Waals surface area contributed by atoms with Gasteiger partial charge in [-0.05, 0) is 45.3 Å². The first kappa shape index (κ1) is 22.0. The highest BCUT2D eigenvalue weighted by atomic mass is 16.1. The quantitative estimate of drug-likeness (QED) is 0.477. The number of carbonyl (C=O) groups is 2. The molecule has 2 aromatic carbocycles. The van der Waals surface area contributed by atoms with Crippen LogP contribution < -0.4 is 0 Å². The molecule has 2 nitrogen and oxygen atoms in total. The van der Waals surface area contributed by atoms with Crippen molar-refractivity contribution in [2.75, 3.05) is 0 Å². The third-order valence-electron chi connectivity index (χ3n) is 6.11.